The van der Waals surface area contributed by atoms with Gasteiger partial charge in [-0.1, -0.05) is 78.9 Å². The minimum absolute atomic E-state index is 0.922. The van der Waals surface area contributed by atoms with Gasteiger partial charge in [0, 0.05) is 53.1 Å². The molecule has 0 aliphatic carbocycles. The van der Waals surface area contributed by atoms with Crippen LogP contribution in [0.15, 0.2) is 132 Å². The lowest BCUT2D eigenvalue weighted by molar-refractivity contribution is 0.672. The normalized spacial score (nSPS) is 11.8. The molecule has 0 unspecified atom stereocenters. The average Bonchev–Trinajstić information content (AvgIpc) is 3.52. The van der Waals surface area contributed by atoms with Crippen molar-refractivity contribution >= 4 is 81.3 Å². The van der Waals surface area contributed by atoms with E-state index in [0.717, 1.165) is 49.8 Å². The van der Waals surface area contributed by atoms with Crippen LogP contribution >= 0.6 is 11.3 Å². The largest absolute Gasteiger partial charge is 0.455 e. The maximum absolute atomic E-state index is 6.39. The Kier molecular flexibility index (Phi) is 4.42. The van der Waals surface area contributed by atoms with Crippen molar-refractivity contribution in [2.45, 2.75) is 0 Å². The standard InChI is InChI=1S/C34H21NOS/c1-2-9-22(10-3-1)35(23-17-18-27-26-12-5-7-16-32(26)37-33(27)21-23)30-14-8-13-28-24(30)19-20-29-25-11-4-6-15-31(25)36-34(28)29/h1-21H. The maximum Gasteiger partial charge on any atom is 0.143 e. The zero-order valence-corrected chi connectivity index (χ0v) is 20.7. The van der Waals surface area contributed by atoms with Gasteiger partial charge in [0.15, 0.2) is 0 Å². The molecule has 0 fully saturated rings. The number of fused-ring (bicyclic) bond motifs is 8. The van der Waals surface area contributed by atoms with Gasteiger partial charge in [-0.3, -0.25) is 0 Å². The molecule has 2 nitrogen and oxygen atoms in total. The molecule has 3 heteroatoms. The predicted octanol–water partition coefficient (Wildman–Crippen LogP) is 10.6. The molecule has 174 valence electrons. The van der Waals surface area contributed by atoms with Gasteiger partial charge in [0.1, 0.15) is 11.2 Å². The summed E-state index contributed by atoms with van der Waals surface area (Å²) in [5.41, 5.74) is 5.26. The summed E-state index contributed by atoms with van der Waals surface area (Å²) < 4.78 is 9.00. The quantitative estimate of drug-likeness (QED) is 0.244. The molecule has 0 saturated heterocycles. The van der Waals surface area contributed by atoms with E-state index in [9.17, 15) is 0 Å². The van der Waals surface area contributed by atoms with Gasteiger partial charge in [0.25, 0.3) is 0 Å². The number of anilines is 3. The second-order valence-corrected chi connectivity index (χ2v) is 10.4. The third kappa shape index (κ3) is 3.11. The van der Waals surface area contributed by atoms with Crippen molar-refractivity contribution in [3.05, 3.63) is 127 Å². The van der Waals surface area contributed by atoms with Gasteiger partial charge in [-0.05, 0) is 48.5 Å². The molecule has 0 radical (unpaired) electrons. The van der Waals surface area contributed by atoms with Crippen molar-refractivity contribution in [3.63, 3.8) is 0 Å². The Hall–Kier alpha value is -4.60. The Morgan fingerprint density at radius 1 is 0.459 bits per heavy atom. The Labute approximate surface area is 217 Å². The summed E-state index contributed by atoms with van der Waals surface area (Å²) in [6.07, 6.45) is 0. The summed E-state index contributed by atoms with van der Waals surface area (Å²) in [5.74, 6) is 0. The molecule has 2 heterocycles. The average molecular weight is 492 g/mol. The Morgan fingerprint density at radius 3 is 2.05 bits per heavy atom. The van der Waals surface area contributed by atoms with Crippen LogP contribution in [0.1, 0.15) is 0 Å². The van der Waals surface area contributed by atoms with Gasteiger partial charge >= 0.3 is 0 Å². The topological polar surface area (TPSA) is 16.4 Å². The second kappa shape index (κ2) is 7.95. The first-order valence-corrected chi connectivity index (χ1v) is 13.3. The molecule has 0 N–H and O–H groups in total. The monoisotopic (exact) mass is 491 g/mol. The number of para-hydroxylation sites is 2. The number of hydrogen-bond acceptors (Lipinski definition) is 3. The highest BCUT2D eigenvalue weighted by molar-refractivity contribution is 7.25. The van der Waals surface area contributed by atoms with Gasteiger partial charge < -0.3 is 9.32 Å². The first-order chi connectivity index (χ1) is 18.3. The van der Waals surface area contributed by atoms with Crippen LogP contribution in [-0.4, -0.2) is 0 Å². The van der Waals surface area contributed by atoms with E-state index in [0.29, 0.717) is 0 Å². The molecule has 0 aliphatic heterocycles. The molecule has 37 heavy (non-hydrogen) atoms. The molecule has 2 aromatic heterocycles. The van der Waals surface area contributed by atoms with Crippen molar-refractivity contribution in [2.24, 2.45) is 0 Å². The Balaban J connectivity index is 1.40. The van der Waals surface area contributed by atoms with Crippen LogP contribution in [0.2, 0.25) is 0 Å². The molecule has 0 atom stereocenters. The van der Waals surface area contributed by atoms with E-state index in [2.05, 4.69) is 120 Å². The molecule has 0 aliphatic rings. The third-order valence-electron chi connectivity index (χ3n) is 7.25. The van der Waals surface area contributed by atoms with Gasteiger partial charge in [0.2, 0.25) is 0 Å². The van der Waals surface area contributed by atoms with Gasteiger partial charge in [0.05, 0.1) is 5.69 Å². The van der Waals surface area contributed by atoms with Crippen molar-refractivity contribution in [3.8, 4) is 0 Å². The number of rotatable bonds is 3. The lowest BCUT2D eigenvalue weighted by Crippen LogP contribution is -2.10. The predicted molar refractivity (Wildman–Crippen MR) is 159 cm³/mol. The molecule has 8 rings (SSSR count). The van der Waals surface area contributed by atoms with Crippen molar-refractivity contribution < 1.29 is 4.42 Å². The number of thiophene rings is 1. The first kappa shape index (κ1) is 20.6. The van der Waals surface area contributed by atoms with Crippen LogP contribution in [0.25, 0.3) is 52.9 Å². The maximum atomic E-state index is 6.39. The number of nitrogens with zero attached hydrogens (tertiary/aromatic N) is 1. The van der Waals surface area contributed by atoms with Gasteiger partial charge in [-0.25, -0.2) is 0 Å². The van der Waals surface area contributed by atoms with Gasteiger partial charge in [-0.15, -0.1) is 11.3 Å². The zero-order chi connectivity index (χ0) is 24.3. The number of benzene rings is 6. The molecular formula is C34H21NOS. The minimum atomic E-state index is 0.922. The fraction of sp³-hybridized carbons (Fsp3) is 0. The third-order valence-corrected chi connectivity index (χ3v) is 8.39. The van der Waals surface area contributed by atoms with Crippen LogP contribution in [-0.2, 0) is 0 Å². The summed E-state index contributed by atoms with van der Waals surface area (Å²) in [5, 5.41) is 7.21. The van der Waals surface area contributed by atoms with Crippen LogP contribution in [0.3, 0.4) is 0 Å². The van der Waals surface area contributed by atoms with E-state index in [-0.39, 0.29) is 0 Å². The second-order valence-electron chi connectivity index (χ2n) is 9.36. The fourth-order valence-corrected chi connectivity index (χ4v) is 6.72. The van der Waals surface area contributed by atoms with Crippen molar-refractivity contribution in [2.75, 3.05) is 4.90 Å². The highest BCUT2D eigenvalue weighted by atomic mass is 32.1. The summed E-state index contributed by atoms with van der Waals surface area (Å²) >= 11 is 1.85. The molecule has 8 aromatic rings. The van der Waals surface area contributed by atoms with Gasteiger partial charge in [-0.2, -0.15) is 0 Å². The molecule has 6 aromatic carbocycles. The summed E-state index contributed by atoms with van der Waals surface area (Å²) in [6.45, 7) is 0. The van der Waals surface area contributed by atoms with Crippen LogP contribution in [0.4, 0.5) is 17.1 Å². The lowest BCUT2D eigenvalue weighted by Gasteiger charge is -2.27. The SMILES string of the molecule is c1ccc(N(c2ccc3c(c2)sc2ccccc23)c2cccc3c2ccc2c4ccccc4oc32)cc1. The van der Waals surface area contributed by atoms with E-state index >= 15 is 0 Å². The highest BCUT2D eigenvalue weighted by Gasteiger charge is 2.18. The first-order valence-electron chi connectivity index (χ1n) is 12.4. The lowest BCUT2D eigenvalue weighted by atomic mass is 10.0. The molecule has 0 saturated carbocycles. The van der Waals surface area contributed by atoms with E-state index in [1.165, 1.54) is 20.2 Å². The zero-order valence-electron chi connectivity index (χ0n) is 19.9. The van der Waals surface area contributed by atoms with E-state index in [1.54, 1.807) is 0 Å². The fourth-order valence-electron chi connectivity index (χ4n) is 5.58. The number of furan rings is 1. The van der Waals surface area contributed by atoms with E-state index < -0.39 is 0 Å². The Bertz CT molecular complexity index is 2100. The van der Waals surface area contributed by atoms with E-state index in [4.69, 9.17) is 4.42 Å². The van der Waals surface area contributed by atoms with E-state index in [1.807, 2.05) is 23.5 Å². The number of hydrogen-bond donors (Lipinski definition) is 0. The Morgan fingerprint density at radius 2 is 1.14 bits per heavy atom. The summed E-state index contributed by atoms with van der Waals surface area (Å²) in [4.78, 5) is 2.36. The van der Waals surface area contributed by atoms with Crippen LogP contribution in [0, 0.1) is 0 Å². The molecule has 0 spiro atoms. The molecule has 0 amide bonds. The highest BCUT2D eigenvalue weighted by Crippen LogP contribution is 2.44. The summed E-state index contributed by atoms with van der Waals surface area (Å²) in [7, 11) is 0. The minimum Gasteiger partial charge on any atom is -0.455 e. The van der Waals surface area contributed by atoms with Crippen LogP contribution < -0.4 is 4.90 Å². The molecule has 0 bridgehead atoms. The smallest absolute Gasteiger partial charge is 0.143 e. The van der Waals surface area contributed by atoms with Crippen LogP contribution in [0.5, 0.6) is 0 Å². The molecular weight excluding hydrogens is 470 g/mol. The van der Waals surface area contributed by atoms with Crippen molar-refractivity contribution in [1.82, 2.24) is 0 Å². The summed E-state index contributed by atoms with van der Waals surface area (Å²) in [6, 6.07) is 45.3. The van der Waals surface area contributed by atoms with Crippen molar-refractivity contribution in [1.29, 1.82) is 0 Å².